The van der Waals surface area contributed by atoms with Crippen molar-refractivity contribution in [3.63, 3.8) is 0 Å². The van der Waals surface area contributed by atoms with E-state index in [2.05, 4.69) is 0 Å². The van der Waals surface area contributed by atoms with Gasteiger partial charge in [0.25, 0.3) is 0 Å². The molecule has 164 valence electrons. The Balaban J connectivity index is 2.70. The molecule has 0 bridgehead atoms. The van der Waals surface area contributed by atoms with Gasteiger partial charge in [0.2, 0.25) is 0 Å². The van der Waals surface area contributed by atoms with Gasteiger partial charge >= 0.3 is 23.9 Å². The van der Waals surface area contributed by atoms with Gasteiger partial charge in [-0.1, -0.05) is 12.1 Å². The van der Waals surface area contributed by atoms with Crippen molar-refractivity contribution in [1.29, 1.82) is 0 Å². The second-order valence-electron chi connectivity index (χ2n) is 6.01. The topological polar surface area (TPSA) is 40.1 Å². The van der Waals surface area contributed by atoms with E-state index >= 15 is 0 Å². The number of allylic oxidation sites excluding steroid dienone is 2. The number of carboxylic acids is 1. The van der Waals surface area contributed by atoms with Crippen molar-refractivity contribution in [2.75, 3.05) is 0 Å². The van der Waals surface area contributed by atoms with Gasteiger partial charge < -0.3 is 9.90 Å². The van der Waals surface area contributed by atoms with E-state index < -0.39 is 36.0 Å². The van der Waals surface area contributed by atoms with Gasteiger partial charge in [0.15, 0.2) is 0 Å². The van der Waals surface area contributed by atoms with Crippen molar-refractivity contribution >= 4 is 28.6 Å². The van der Waals surface area contributed by atoms with Gasteiger partial charge in [-0.3, -0.25) is 0 Å². The molecule has 2 nitrogen and oxygen atoms in total. The smallest absolute Gasteiger partial charge is 0.460 e. The van der Waals surface area contributed by atoms with Crippen LogP contribution in [-0.2, 0) is 6.42 Å². The SMILES string of the molecule is O=C([O-])c1cc(I)ccc1CCCCC=CC(F)(F)C(F)(F)C(F)(F)C(F)(F)F. The number of aromatic carboxylic acids is 1. The van der Waals surface area contributed by atoms with Crippen LogP contribution in [-0.4, -0.2) is 29.9 Å². The highest BCUT2D eigenvalue weighted by molar-refractivity contribution is 14.1. The zero-order valence-corrected chi connectivity index (χ0v) is 16.5. The molecule has 0 heterocycles. The van der Waals surface area contributed by atoms with Crippen molar-refractivity contribution in [2.45, 2.75) is 49.6 Å². The number of benzene rings is 1. The Hall–Kier alpha value is -1.47. The molecule has 0 aliphatic carbocycles. The molecule has 0 aliphatic heterocycles. The van der Waals surface area contributed by atoms with E-state index in [0.717, 1.165) is 0 Å². The summed E-state index contributed by atoms with van der Waals surface area (Å²) < 4.78 is 115. The summed E-state index contributed by atoms with van der Waals surface area (Å²) in [6.45, 7) is 0. The molecule has 0 unspecified atom stereocenters. The van der Waals surface area contributed by atoms with Gasteiger partial charge in [0.1, 0.15) is 0 Å². The van der Waals surface area contributed by atoms with Crippen molar-refractivity contribution in [1.82, 2.24) is 0 Å². The Morgan fingerprint density at radius 2 is 1.55 bits per heavy atom. The van der Waals surface area contributed by atoms with Gasteiger partial charge in [-0.2, -0.15) is 39.5 Å². The van der Waals surface area contributed by atoms with Crippen molar-refractivity contribution in [2.24, 2.45) is 0 Å². The number of aryl methyl sites for hydroxylation is 1. The summed E-state index contributed by atoms with van der Waals surface area (Å²) in [5.41, 5.74) is 0.309. The highest BCUT2D eigenvalue weighted by Crippen LogP contribution is 2.53. The number of carboxylic acid groups (broad SMARTS) is 1. The lowest BCUT2D eigenvalue weighted by Gasteiger charge is -2.32. The molecular formula is C17H13F9IO2-. The van der Waals surface area contributed by atoms with Gasteiger partial charge in [0.05, 0.1) is 5.97 Å². The van der Waals surface area contributed by atoms with Crippen LogP contribution in [0.15, 0.2) is 30.4 Å². The molecule has 29 heavy (non-hydrogen) atoms. The molecule has 0 N–H and O–H groups in total. The molecule has 1 aromatic carbocycles. The molecule has 1 aromatic rings. The minimum absolute atomic E-state index is 0.0618. The molecule has 0 amide bonds. The van der Waals surface area contributed by atoms with Crippen LogP contribution in [0.25, 0.3) is 0 Å². The van der Waals surface area contributed by atoms with Crippen LogP contribution in [0.1, 0.15) is 35.2 Å². The maximum atomic E-state index is 13.3. The lowest BCUT2D eigenvalue weighted by molar-refractivity contribution is -0.388. The number of carbonyl (C=O) groups excluding carboxylic acids is 1. The minimum atomic E-state index is -6.92. The zero-order chi connectivity index (χ0) is 22.7. The van der Waals surface area contributed by atoms with Crippen molar-refractivity contribution < 1.29 is 49.4 Å². The molecule has 0 atom stereocenters. The Morgan fingerprint density at radius 3 is 2.07 bits per heavy atom. The van der Waals surface area contributed by atoms with E-state index in [0.29, 0.717) is 15.2 Å². The number of carbonyl (C=O) groups is 1. The Bertz CT molecular complexity index is 758. The average molecular weight is 547 g/mol. The summed E-state index contributed by atoms with van der Waals surface area (Å²) in [4.78, 5) is 11.0. The number of halogens is 10. The summed E-state index contributed by atoms with van der Waals surface area (Å²) in [7, 11) is 0. The highest BCUT2D eigenvalue weighted by Gasteiger charge is 2.81. The summed E-state index contributed by atoms with van der Waals surface area (Å²) in [5, 5.41) is 11.0. The predicted octanol–water partition coefficient (Wildman–Crippen LogP) is 5.39. The third kappa shape index (κ3) is 5.79. The van der Waals surface area contributed by atoms with Crippen LogP contribution >= 0.6 is 22.6 Å². The van der Waals surface area contributed by atoms with Crippen LogP contribution < -0.4 is 5.11 Å². The first kappa shape index (κ1) is 25.6. The largest absolute Gasteiger partial charge is 0.545 e. The molecule has 0 spiro atoms. The molecule has 12 heteroatoms. The van der Waals surface area contributed by atoms with E-state index in [1.807, 2.05) is 22.6 Å². The van der Waals surface area contributed by atoms with E-state index in [4.69, 9.17) is 0 Å². The number of hydrogen-bond acceptors (Lipinski definition) is 2. The second kappa shape index (κ2) is 9.13. The molecule has 0 aliphatic rings. The van der Waals surface area contributed by atoms with Crippen molar-refractivity contribution in [3.8, 4) is 0 Å². The van der Waals surface area contributed by atoms with E-state index in [-0.39, 0.29) is 31.2 Å². The Labute approximate surface area is 172 Å². The average Bonchev–Trinajstić information content (AvgIpc) is 2.57. The predicted molar refractivity (Wildman–Crippen MR) is 91.1 cm³/mol. The van der Waals surface area contributed by atoms with Gasteiger partial charge in [-0.25, -0.2) is 0 Å². The Kier molecular flexibility index (Phi) is 8.05. The standard InChI is InChI=1S/C17H14F9IO2/c18-14(19,15(20,21)16(22,23)17(24,25)26)8-4-2-1-3-5-10-6-7-11(27)9-12(10)13(28)29/h4,6-9H,1-3,5H2,(H,28,29)/p-1. The molecule has 0 radical (unpaired) electrons. The fraction of sp³-hybridized carbons (Fsp3) is 0.471. The van der Waals surface area contributed by atoms with Crippen LogP contribution in [0.2, 0.25) is 0 Å². The fourth-order valence-electron chi connectivity index (χ4n) is 2.26. The first-order valence-corrected chi connectivity index (χ1v) is 9.00. The fourth-order valence-corrected chi connectivity index (χ4v) is 2.75. The summed E-state index contributed by atoms with van der Waals surface area (Å²) in [6, 6.07) is 4.48. The number of unbranched alkanes of at least 4 members (excludes halogenated alkanes) is 2. The van der Waals surface area contributed by atoms with Crippen LogP contribution in [0.5, 0.6) is 0 Å². The normalized spacial score (nSPS) is 13.9. The summed E-state index contributed by atoms with van der Waals surface area (Å²) in [5.74, 6) is -20.7. The lowest BCUT2D eigenvalue weighted by atomic mass is 10.0. The maximum Gasteiger partial charge on any atom is 0.460 e. The number of hydrogen-bond donors (Lipinski definition) is 0. The molecule has 0 aromatic heterocycles. The molecule has 0 fully saturated rings. The van der Waals surface area contributed by atoms with Gasteiger partial charge in [0, 0.05) is 9.13 Å². The Morgan fingerprint density at radius 1 is 0.966 bits per heavy atom. The highest BCUT2D eigenvalue weighted by atomic mass is 127. The first-order chi connectivity index (χ1) is 13.0. The molecule has 0 saturated carbocycles. The monoisotopic (exact) mass is 547 g/mol. The summed E-state index contributed by atoms with van der Waals surface area (Å²) >= 11 is 1.88. The maximum absolute atomic E-state index is 13.3. The quantitative estimate of drug-likeness (QED) is 0.180. The van der Waals surface area contributed by atoms with E-state index in [9.17, 15) is 49.4 Å². The van der Waals surface area contributed by atoms with E-state index in [1.165, 1.54) is 12.1 Å². The molecular weight excluding hydrogens is 534 g/mol. The second-order valence-corrected chi connectivity index (χ2v) is 7.25. The van der Waals surface area contributed by atoms with Gasteiger partial charge in [-0.05, 0) is 72.0 Å². The van der Waals surface area contributed by atoms with Crippen LogP contribution in [0.4, 0.5) is 39.5 Å². The third-order valence-corrected chi connectivity index (χ3v) is 4.53. The molecule has 1 rings (SSSR count). The number of rotatable bonds is 9. The zero-order valence-electron chi connectivity index (χ0n) is 14.3. The van der Waals surface area contributed by atoms with Crippen molar-refractivity contribution in [3.05, 3.63) is 45.0 Å². The first-order valence-electron chi connectivity index (χ1n) is 7.92. The minimum Gasteiger partial charge on any atom is -0.545 e. The lowest BCUT2D eigenvalue weighted by Crippen LogP contribution is -2.60. The van der Waals surface area contributed by atoms with Crippen LogP contribution in [0.3, 0.4) is 0 Å². The van der Waals surface area contributed by atoms with Crippen LogP contribution in [0, 0.1) is 3.57 Å². The van der Waals surface area contributed by atoms with E-state index in [1.54, 1.807) is 6.07 Å². The number of alkyl halides is 9. The van der Waals surface area contributed by atoms with Gasteiger partial charge in [-0.15, -0.1) is 0 Å². The molecule has 0 saturated heterocycles. The third-order valence-electron chi connectivity index (χ3n) is 3.85. The summed E-state index contributed by atoms with van der Waals surface area (Å²) in [6.07, 6.45) is -7.02.